The van der Waals surface area contributed by atoms with E-state index >= 15 is 0 Å². The van der Waals surface area contributed by atoms with Crippen molar-refractivity contribution in [3.05, 3.63) is 47.0 Å². The number of aromatic nitrogens is 2. The molecule has 1 fully saturated rings. The van der Waals surface area contributed by atoms with Gasteiger partial charge in [0.05, 0.1) is 23.5 Å². The van der Waals surface area contributed by atoms with Crippen molar-refractivity contribution >= 4 is 11.9 Å². The highest BCUT2D eigenvalue weighted by Gasteiger charge is 2.29. The number of alkyl halides is 2. The Morgan fingerprint density at radius 2 is 1.93 bits per heavy atom. The van der Waals surface area contributed by atoms with E-state index in [0.29, 0.717) is 31.6 Å². The summed E-state index contributed by atoms with van der Waals surface area (Å²) in [5, 5.41) is 13.3. The fraction of sp³-hybridized carbons (Fsp3) is 0.389. The molecule has 1 N–H and O–H groups in total. The molecule has 0 atom stereocenters. The number of carboxylic acid groups (broad SMARTS) is 1. The number of rotatable bonds is 5. The average molecular weight is 397 g/mol. The summed E-state index contributed by atoms with van der Waals surface area (Å²) >= 11 is 0. The van der Waals surface area contributed by atoms with Crippen molar-refractivity contribution in [1.82, 2.24) is 14.7 Å². The number of likely N-dealkylation sites (tertiary alicyclic amines) is 1. The van der Waals surface area contributed by atoms with Crippen LogP contribution in [0.2, 0.25) is 0 Å². The Kier molecular flexibility index (Phi) is 5.57. The molecule has 10 heteroatoms. The van der Waals surface area contributed by atoms with Gasteiger partial charge in [-0.25, -0.2) is 9.18 Å². The van der Waals surface area contributed by atoms with Crippen molar-refractivity contribution in [2.24, 2.45) is 0 Å². The molecule has 1 aromatic heterocycles. The van der Waals surface area contributed by atoms with Crippen LogP contribution < -0.4 is 4.74 Å². The number of hydrogen-bond donors (Lipinski definition) is 1. The zero-order valence-corrected chi connectivity index (χ0v) is 14.9. The van der Waals surface area contributed by atoms with Crippen molar-refractivity contribution < 1.29 is 32.6 Å². The Morgan fingerprint density at radius 3 is 2.50 bits per heavy atom. The number of carboxylic acids is 1. The minimum atomic E-state index is -3.18. The molecule has 150 valence electrons. The molecule has 2 heterocycles. The van der Waals surface area contributed by atoms with Gasteiger partial charge in [-0.15, -0.1) is 0 Å². The molecule has 1 aromatic carbocycles. The summed E-state index contributed by atoms with van der Waals surface area (Å²) in [6, 6.07) is 2.81. The molecule has 0 saturated carbocycles. The highest BCUT2D eigenvalue weighted by Crippen LogP contribution is 2.28. The average Bonchev–Trinajstić information content (AvgIpc) is 3.03. The Labute approximate surface area is 158 Å². The van der Waals surface area contributed by atoms with Gasteiger partial charge in [-0.3, -0.25) is 9.48 Å². The Morgan fingerprint density at radius 1 is 1.25 bits per heavy atom. The first-order chi connectivity index (χ1) is 13.3. The summed E-state index contributed by atoms with van der Waals surface area (Å²) in [6.07, 6.45) is 2.32. The lowest BCUT2D eigenvalue weighted by Crippen LogP contribution is -2.39. The second-order valence-electron chi connectivity index (χ2n) is 6.44. The van der Waals surface area contributed by atoms with Gasteiger partial charge < -0.3 is 14.7 Å². The second-order valence-corrected chi connectivity index (χ2v) is 6.44. The highest BCUT2D eigenvalue weighted by molar-refractivity contribution is 5.97. The predicted octanol–water partition coefficient (Wildman–Crippen LogP) is 3.11. The van der Waals surface area contributed by atoms with E-state index in [1.165, 1.54) is 11.1 Å². The lowest BCUT2D eigenvalue weighted by atomic mass is 10.0. The summed E-state index contributed by atoms with van der Waals surface area (Å²) < 4.78 is 44.4. The third-order valence-electron chi connectivity index (χ3n) is 4.76. The molecule has 1 aliphatic heterocycles. The number of amides is 1. The maximum atomic E-state index is 13.3. The van der Waals surface area contributed by atoms with Gasteiger partial charge >= 0.3 is 12.6 Å². The zero-order chi connectivity index (χ0) is 20.4. The Bertz CT molecular complexity index is 892. The van der Waals surface area contributed by atoms with Crippen LogP contribution in [0.15, 0.2) is 24.4 Å². The normalized spacial score (nSPS) is 15.1. The third kappa shape index (κ3) is 3.95. The van der Waals surface area contributed by atoms with Crippen LogP contribution >= 0.6 is 0 Å². The van der Waals surface area contributed by atoms with Crippen LogP contribution in [-0.4, -0.2) is 51.4 Å². The van der Waals surface area contributed by atoms with Crippen LogP contribution in [0, 0.1) is 12.7 Å². The van der Waals surface area contributed by atoms with E-state index in [1.54, 1.807) is 11.6 Å². The van der Waals surface area contributed by atoms with Gasteiger partial charge in [0.2, 0.25) is 0 Å². The van der Waals surface area contributed by atoms with E-state index in [4.69, 9.17) is 5.11 Å². The fourth-order valence-corrected chi connectivity index (χ4v) is 3.35. The number of nitrogens with zero attached hydrogens (tertiary/aromatic N) is 3. The smallest absolute Gasteiger partial charge is 0.387 e. The van der Waals surface area contributed by atoms with E-state index in [0.717, 1.165) is 18.2 Å². The largest absolute Gasteiger partial charge is 0.478 e. The number of carbonyl (C=O) groups is 2. The van der Waals surface area contributed by atoms with Crippen LogP contribution in [0.1, 0.15) is 45.3 Å². The monoisotopic (exact) mass is 397 g/mol. The molecule has 1 saturated heterocycles. The summed E-state index contributed by atoms with van der Waals surface area (Å²) in [6.45, 7) is -0.876. The SMILES string of the molecule is Cc1c(C(=O)O)cnn1C1CCN(C(=O)c2ccc(F)cc2OC(F)F)CC1. The van der Waals surface area contributed by atoms with Crippen molar-refractivity contribution in [2.45, 2.75) is 32.4 Å². The molecule has 1 amide bonds. The summed E-state index contributed by atoms with van der Waals surface area (Å²) in [5.74, 6) is -2.87. The minimum absolute atomic E-state index is 0.0813. The first kappa shape index (κ1) is 19.7. The Balaban J connectivity index is 1.72. The van der Waals surface area contributed by atoms with E-state index in [-0.39, 0.29) is 17.2 Å². The van der Waals surface area contributed by atoms with Crippen LogP contribution in [-0.2, 0) is 0 Å². The van der Waals surface area contributed by atoms with Gasteiger partial charge in [-0.05, 0) is 31.9 Å². The molecule has 0 radical (unpaired) electrons. The maximum Gasteiger partial charge on any atom is 0.387 e. The summed E-state index contributed by atoms with van der Waals surface area (Å²) in [7, 11) is 0. The van der Waals surface area contributed by atoms with Gasteiger partial charge in [0.25, 0.3) is 5.91 Å². The Hall–Kier alpha value is -3.04. The lowest BCUT2D eigenvalue weighted by Gasteiger charge is -2.33. The topological polar surface area (TPSA) is 84.7 Å². The van der Waals surface area contributed by atoms with Gasteiger partial charge in [-0.1, -0.05) is 0 Å². The van der Waals surface area contributed by atoms with E-state index < -0.39 is 30.1 Å². The van der Waals surface area contributed by atoms with Crippen LogP contribution in [0.25, 0.3) is 0 Å². The summed E-state index contributed by atoms with van der Waals surface area (Å²) in [5.41, 5.74) is 0.519. The van der Waals surface area contributed by atoms with Crippen molar-refractivity contribution in [1.29, 1.82) is 0 Å². The van der Waals surface area contributed by atoms with Crippen molar-refractivity contribution in [3.63, 3.8) is 0 Å². The second kappa shape index (κ2) is 7.91. The zero-order valence-electron chi connectivity index (χ0n) is 14.9. The molecular formula is C18H18F3N3O4. The quantitative estimate of drug-likeness (QED) is 0.838. The van der Waals surface area contributed by atoms with Gasteiger partial charge in [0.15, 0.2) is 0 Å². The number of aromatic carboxylic acids is 1. The highest BCUT2D eigenvalue weighted by atomic mass is 19.3. The van der Waals surface area contributed by atoms with Crippen molar-refractivity contribution in [3.8, 4) is 5.75 Å². The van der Waals surface area contributed by atoms with Crippen molar-refractivity contribution in [2.75, 3.05) is 13.1 Å². The van der Waals surface area contributed by atoms with E-state index in [2.05, 4.69) is 9.84 Å². The number of carbonyl (C=O) groups excluding carboxylic acids is 1. The summed E-state index contributed by atoms with van der Waals surface area (Å²) in [4.78, 5) is 25.3. The molecule has 0 unspecified atom stereocenters. The molecule has 1 aliphatic rings. The minimum Gasteiger partial charge on any atom is -0.478 e. The number of ether oxygens (including phenoxy) is 1. The van der Waals surface area contributed by atoms with Crippen LogP contribution in [0.3, 0.4) is 0 Å². The molecule has 3 rings (SSSR count). The van der Waals surface area contributed by atoms with E-state index in [1.807, 2.05) is 0 Å². The van der Waals surface area contributed by atoms with Crippen LogP contribution in [0.4, 0.5) is 13.2 Å². The standard InChI is InChI=1S/C18H18F3N3O4/c1-10-14(17(26)27)9-22-24(10)12-4-6-23(7-5-12)16(25)13-3-2-11(19)8-15(13)28-18(20)21/h2-3,8-9,12,18H,4-7H2,1H3,(H,26,27). The molecule has 0 bridgehead atoms. The number of halogens is 3. The number of hydrogen-bond acceptors (Lipinski definition) is 4. The van der Waals surface area contributed by atoms with Gasteiger partial charge in [0, 0.05) is 19.2 Å². The molecule has 7 nitrogen and oxygen atoms in total. The molecule has 28 heavy (non-hydrogen) atoms. The van der Waals surface area contributed by atoms with E-state index in [9.17, 15) is 22.8 Å². The van der Waals surface area contributed by atoms with Crippen LogP contribution in [0.5, 0.6) is 5.75 Å². The van der Waals surface area contributed by atoms with Gasteiger partial charge in [-0.2, -0.15) is 13.9 Å². The maximum absolute atomic E-state index is 13.3. The molecule has 0 spiro atoms. The number of benzene rings is 1. The first-order valence-corrected chi connectivity index (χ1v) is 8.59. The third-order valence-corrected chi connectivity index (χ3v) is 4.76. The van der Waals surface area contributed by atoms with Gasteiger partial charge in [0.1, 0.15) is 17.1 Å². The molecular weight excluding hydrogens is 379 g/mol. The lowest BCUT2D eigenvalue weighted by molar-refractivity contribution is -0.0504. The first-order valence-electron chi connectivity index (χ1n) is 8.59. The fourth-order valence-electron chi connectivity index (χ4n) is 3.35. The molecule has 0 aliphatic carbocycles. The number of piperidine rings is 1. The predicted molar refractivity (Wildman–Crippen MR) is 91.1 cm³/mol. The molecule has 2 aromatic rings.